The van der Waals surface area contributed by atoms with Crippen molar-refractivity contribution in [3.8, 4) is 0 Å². The van der Waals surface area contributed by atoms with Crippen LogP contribution < -0.4 is 11.1 Å². The summed E-state index contributed by atoms with van der Waals surface area (Å²) >= 11 is 0. The molecule has 4 heteroatoms. The van der Waals surface area contributed by atoms with Crippen LogP contribution in [0.3, 0.4) is 0 Å². The maximum Gasteiger partial charge on any atom is 0.267 e. The van der Waals surface area contributed by atoms with Gasteiger partial charge in [0.1, 0.15) is 5.69 Å². The summed E-state index contributed by atoms with van der Waals surface area (Å²) in [6, 6.07) is 1.97. The van der Waals surface area contributed by atoms with Crippen molar-refractivity contribution in [1.82, 2.24) is 9.88 Å². The quantitative estimate of drug-likeness (QED) is 0.747. The minimum atomic E-state index is -0.0356. The molecular weight excluding hydrogens is 214 g/mol. The van der Waals surface area contributed by atoms with E-state index in [1.54, 1.807) is 6.07 Å². The monoisotopic (exact) mass is 237 g/mol. The number of hydrogen-bond donors (Lipinski definition) is 2. The van der Waals surface area contributed by atoms with Gasteiger partial charge < -0.3 is 15.6 Å². The third-order valence-corrected chi connectivity index (χ3v) is 2.72. The molecule has 0 unspecified atom stereocenters. The van der Waals surface area contributed by atoms with Crippen LogP contribution in [-0.2, 0) is 0 Å². The molecule has 4 nitrogen and oxygen atoms in total. The highest BCUT2D eigenvalue weighted by atomic mass is 16.1. The second-order valence-corrected chi connectivity index (χ2v) is 4.62. The number of rotatable bonds is 6. The van der Waals surface area contributed by atoms with E-state index in [9.17, 15) is 4.79 Å². The first-order chi connectivity index (χ1) is 8.06. The number of nitrogens with zero attached hydrogens (tertiary/aromatic N) is 1. The fourth-order valence-electron chi connectivity index (χ4n) is 1.78. The predicted molar refractivity (Wildman–Crippen MR) is 71.1 cm³/mol. The lowest BCUT2D eigenvalue weighted by molar-refractivity contribution is 0.0942. The minimum Gasteiger partial charge on any atom is -0.397 e. The average molecular weight is 237 g/mol. The minimum absolute atomic E-state index is 0.0356. The zero-order valence-corrected chi connectivity index (χ0v) is 11.0. The summed E-state index contributed by atoms with van der Waals surface area (Å²) in [7, 11) is 0. The Balaban J connectivity index is 2.62. The van der Waals surface area contributed by atoms with E-state index in [2.05, 4.69) is 12.2 Å². The third-order valence-electron chi connectivity index (χ3n) is 2.72. The Morgan fingerprint density at radius 3 is 2.76 bits per heavy atom. The van der Waals surface area contributed by atoms with E-state index < -0.39 is 0 Å². The first kappa shape index (κ1) is 13.6. The summed E-state index contributed by atoms with van der Waals surface area (Å²) in [6.07, 6.45) is 5.14. The van der Waals surface area contributed by atoms with E-state index in [4.69, 9.17) is 5.73 Å². The normalized spacial score (nSPS) is 10.8. The average Bonchev–Trinajstić information content (AvgIpc) is 2.66. The van der Waals surface area contributed by atoms with E-state index in [-0.39, 0.29) is 11.9 Å². The van der Waals surface area contributed by atoms with Gasteiger partial charge in [0.2, 0.25) is 0 Å². The van der Waals surface area contributed by atoms with Gasteiger partial charge in [-0.05, 0) is 26.3 Å². The van der Waals surface area contributed by atoms with Crippen molar-refractivity contribution in [1.29, 1.82) is 0 Å². The van der Waals surface area contributed by atoms with Crippen LogP contribution in [0.2, 0.25) is 0 Å². The van der Waals surface area contributed by atoms with Crippen molar-refractivity contribution in [2.45, 2.75) is 46.1 Å². The number of hydrogen-bond acceptors (Lipinski definition) is 2. The van der Waals surface area contributed by atoms with Crippen molar-refractivity contribution in [2.24, 2.45) is 0 Å². The van der Waals surface area contributed by atoms with Crippen molar-refractivity contribution in [2.75, 3.05) is 12.3 Å². The summed E-state index contributed by atoms with van der Waals surface area (Å²) in [5.74, 6) is -0.0356. The third kappa shape index (κ3) is 3.80. The summed E-state index contributed by atoms with van der Waals surface area (Å²) in [6.45, 7) is 6.95. The topological polar surface area (TPSA) is 60.1 Å². The number of nitrogens with two attached hydrogens (primary N) is 1. The molecule has 96 valence electrons. The molecule has 1 aromatic rings. The molecule has 1 rings (SSSR count). The molecule has 0 fully saturated rings. The molecule has 0 saturated heterocycles. The van der Waals surface area contributed by atoms with Crippen LogP contribution in [0.25, 0.3) is 0 Å². The van der Waals surface area contributed by atoms with Crippen LogP contribution in [0, 0.1) is 0 Å². The number of aromatic nitrogens is 1. The number of carbonyl (C=O) groups is 1. The van der Waals surface area contributed by atoms with E-state index in [1.165, 1.54) is 0 Å². The molecule has 0 bridgehead atoms. The van der Waals surface area contributed by atoms with Crippen LogP contribution in [0.5, 0.6) is 0 Å². The number of carbonyl (C=O) groups excluding carboxylic acids is 1. The lowest BCUT2D eigenvalue weighted by atomic mass is 10.2. The largest absolute Gasteiger partial charge is 0.397 e. The van der Waals surface area contributed by atoms with Gasteiger partial charge in [0.25, 0.3) is 5.91 Å². The lowest BCUT2D eigenvalue weighted by Gasteiger charge is -2.12. The fourth-order valence-corrected chi connectivity index (χ4v) is 1.78. The number of unbranched alkanes of at least 4 members (excludes halogenated alkanes) is 2. The van der Waals surface area contributed by atoms with Crippen LogP contribution in [0.1, 0.15) is 56.6 Å². The van der Waals surface area contributed by atoms with Gasteiger partial charge in [-0.1, -0.05) is 19.8 Å². The summed E-state index contributed by atoms with van der Waals surface area (Å²) < 4.78 is 1.91. The zero-order chi connectivity index (χ0) is 12.8. The lowest BCUT2D eigenvalue weighted by Crippen LogP contribution is -2.27. The fraction of sp³-hybridized carbons (Fsp3) is 0.615. The summed E-state index contributed by atoms with van der Waals surface area (Å²) in [5.41, 5.74) is 7.01. The van der Waals surface area contributed by atoms with E-state index in [1.807, 2.05) is 24.6 Å². The molecule has 0 radical (unpaired) electrons. The first-order valence-corrected chi connectivity index (χ1v) is 6.31. The Hall–Kier alpha value is -1.45. The van der Waals surface area contributed by atoms with Crippen LogP contribution in [-0.4, -0.2) is 17.0 Å². The van der Waals surface area contributed by atoms with Crippen molar-refractivity contribution in [3.63, 3.8) is 0 Å². The molecule has 1 amide bonds. The molecule has 1 aromatic heterocycles. The maximum absolute atomic E-state index is 12.0. The van der Waals surface area contributed by atoms with Crippen molar-refractivity contribution < 1.29 is 4.79 Å². The van der Waals surface area contributed by atoms with E-state index in [0.717, 1.165) is 25.8 Å². The number of anilines is 1. The van der Waals surface area contributed by atoms with Gasteiger partial charge in [0.15, 0.2) is 0 Å². The molecule has 0 aliphatic carbocycles. The van der Waals surface area contributed by atoms with Gasteiger partial charge >= 0.3 is 0 Å². The Labute approximate surface area is 103 Å². The van der Waals surface area contributed by atoms with Crippen LogP contribution >= 0.6 is 0 Å². The number of nitrogens with one attached hydrogen (secondary N) is 1. The first-order valence-electron chi connectivity index (χ1n) is 6.31. The highest BCUT2D eigenvalue weighted by Gasteiger charge is 2.13. The smallest absolute Gasteiger partial charge is 0.267 e. The molecular formula is C13H23N3O. The van der Waals surface area contributed by atoms with E-state index in [0.29, 0.717) is 11.4 Å². The van der Waals surface area contributed by atoms with Crippen LogP contribution in [0.4, 0.5) is 5.69 Å². The summed E-state index contributed by atoms with van der Waals surface area (Å²) in [4.78, 5) is 12.0. The summed E-state index contributed by atoms with van der Waals surface area (Å²) in [5, 5.41) is 2.93. The Bertz CT molecular complexity index is 369. The zero-order valence-electron chi connectivity index (χ0n) is 11.0. The molecule has 0 spiro atoms. The molecule has 0 aromatic carbocycles. The van der Waals surface area contributed by atoms with E-state index >= 15 is 0 Å². The van der Waals surface area contributed by atoms with Gasteiger partial charge in [-0.3, -0.25) is 4.79 Å². The standard InChI is InChI=1S/C13H23N3O/c1-4-5-6-7-15-13(17)12-8-11(14)9-16(12)10(2)3/h8-10H,4-7,14H2,1-3H3,(H,15,17). The molecule has 0 saturated carbocycles. The molecule has 0 atom stereocenters. The molecule has 1 heterocycles. The van der Waals surface area contributed by atoms with Gasteiger partial charge in [0.05, 0.1) is 5.69 Å². The van der Waals surface area contributed by atoms with Gasteiger partial charge in [-0.25, -0.2) is 0 Å². The Kier molecular flexibility index (Phi) is 5.07. The Morgan fingerprint density at radius 1 is 1.47 bits per heavy atom. The number of amides is 1. The highest BCUT2D eigenvalue weighted by molar-refractivity contribution is 5.93. The maximum atomic E-state index is 12.0. The van der Waals surface area contributed by atoms with Gasteiger partial charge in [-0.2, -0.15) is 0 Å². The predicted octanol–water partition coefficient (Wildman–Crippen LogP) is 2.57. The van der Waals surface area contributed by atoms with Crippen molar-refractivity contribution >= 4 is 11.6 Å². The number of nitrogen functional groups attached to an aromatic ring is 1. The van der Waals surface area contributed by atoms with Gasteiger partial charge in [-0.15, -0.1) is 0 Å². The molecule has 0 aliphatic rings. The second kappa shape index (κ2) is 6.33. The SMILES string of the molecule is CCCCCNC(=O)c1cc(N)cn1C(C)C. The van der Waals surface area contributed by atoms with Crippen LogP contribution in [0.15, 0.2) is 12.3 Å². The molecule has 3 N–H and O–H groups in total. The molecule has 17 heavy (non-hydrogen) atoms. The van der Waals surface area contributed by atoms with Gasteiger partial charge in [0, 0.05) is 18.8 Å². The van der Waals surface area contributed by atoms with Crippen molar-refractivity contribution in [3.05, 3.63) is 18.0 Å². The second-order valence-electron chi connectivity index (χ2n) is 4.62. The highest BCUT2D eigenvalue weighted by Crippen LogP contribution is 2.16. The molecule has 0 aliphatic heterocycles. The Morgan fingerprint density at radius 2 is 2.18 bits per heavy atom.